The van der Waals surface area contributed by atoms with Gasteiger partial charge in [0.05, 0.1) is 17.8 Å². The molecule has 0 aliphatic carbocycles. The molecule has 22 heavy (non-hydrogen) atoms. The van der Waals surface area contributed by atoms with Crippen LogP contribution in [0.3, 0.4) is 0 Å². The summed E-state index contributed by atoms with van der Waals surface area (Å²) in [5.41, 5.74) is -0.949. The van der Waals surface area contributed by atoms with Crippen molar-refractivity contribution in [3.05, 3.63) is 29.6 Å². The van der Waals surface area contributed by atoms with Crippen molar-refractivity contribution in [2.45, 2.75) is 38.4 Å². The first-order valence-corrected chi connectivity index (χ1v) is 7.47. The number of carbonyl (C=O) groups is 1. The third kappa shape index (κ3) is 4.98. The van der Waals surface area contributed by atoms with E-state index in [1.807, 2.05) is 0 Å². The van der Waals surface area contributed by atoms with E-state index in [1.54, 1.807) is 0 Å². The van der Waals surface area contributed by atoms with Gasteiger partial charge in [0.25, 0.3) is 0 Å². The van der Waals surface area contributed by atoms with Crippen LogP contribution in [0.4, 0.5) is 13.2 Å². The molecule has 0 saturated carbocycles. The molecule has 1 aromatic heterocycles. The molecule has 0 spiro atoms. The van der Waals surface area contributed by atoms with Crippen LogP contribution >= 0.6 is 0 Å². The molecular formula is C15H20F3N3O. The van der Waals surface area contributed by atoms with Crippen LogP contribution < -0.4 is 5.32 Å². The molecule has 0 atom stereocenters. The Morgan fingerprint density at radius 1 is 1.32 bits per heavy atom. The number of nitrogens with one attached hydrogen (secondary N) is 1. The molecule has 2 heterocycles. The molecule has 1 fully saturated rings. The first-order valence-electron chi connectivity index (χ1n) is 7.47. The number of pyridine rings is 1. The number of alkyl halides is 3. The van der Waals surface area contributed by atoms with Gasteiger partial charge in [0.2, 0.25) is 5.91 Å². The summed E-state index contributed by atoms with van der Waals surface area (Å²) in [4.78, 5) is 17.7. The Labute approximate surface area is 127 Å². The van der Waals surface area contributed by atoms with E-state index in [1.165, 1.54) is 25.1 Å². The second-order valence-electron chi connectivity index (χ2n) is 5.42. The number of halogens is 3. The lowest BCUT2D eigenvalue weighted by Crippen LogP contribution is -2.27. The van der Waals surface area contributed by atoms with Crippen molar-refractivity contribution in [3.8, 4) is 0 Å². The summed E-state index contributed by atoms with van der Waals surface area (Å²) in [6.07, 6.45) is 0.289. The van der Waals surface area contributed by atoms with Crippen molar-refractivity contribution in [1.29, 1.82) is 0 Å². The van der Waals surface area contributed by atoms with Gasteiger partial charge in [-0.05, 0) is 51.0 Å². The Morgan fingerprint density at radius 2 is 2.05 bits per heavy atom. The van der Waals surface area contributed by atoms with Crippen LogP contribution in [0.5, 0.6) is 0 Å². The van der Waals surface area contributed by atoms with Gasteiger partial charge in [-0.2, -0.15) is 13.2 Å². The highest BCUT2D eigenvalue weighted by Crippen LogP contribution is 2.30. The molecule has 2 rings (SSSR count). The highest BCUT2D eigenvalue weighted by atomic mass is 19.4. The second kappa shape index (κ2) is 7.58. The molecule has 1 aromatic rings. The van der Waals surface area contributed by atoms with Crippen molar-refractivity contribution in [2.75, 3.05) is 19.6 Å². The van der Waals surface area contributed by atoms with E-state index < -0.39 is 11.7 Å². The van der Waals surface area contributed by atoms with Gasteiger partial charge in [0.1, 0.15) is 0 Å². The van der Waals surface area contributed by atoms with Gasteiger partial charge in [0, 0.05) is 12.6 Å². The molecule has 1 N–H and O–H groups in total. The number of amides is 1. The first kappa shape index (κ1) is 16.7. The Kier molecular flexibility index (Phi) is 5.76. The van der Waals surface area contributed by atoms with Crippen molar-refractivity contribution < 1.29 is 18.0 Å². The molecule has 1 aliphatic heterocycles. The van der Waals surface area contributed by atoms with Gasteiger partial charge < -0.3 is 10.2 Å². The molecule has 1 aliphatic rings. The summed E-state index contributed by atoms with van der Waals surface area (Å²) in [5, 5.41) is 2.52. The zero-order valence-electron chi connectivity index (χ0n) is 12.3. The van der Waals surface area contributed by atoms with Crippen molar-refractivity contribution in [3.63, 3.8) is 0 Å². The highest BCUT2D eigenvalue weighted by molar-refractivity contribution is 5.75. The quantitative estimate of drug-likeness (QED) is 0.877. The fraction of sp³-hybridized carbons (Fsp3) is 0.600. The highest BCUT2D eigenvalue weighted by Gasteiger charge is 2.33. The summed E-state index contributed by atoms with van der Waals surface area (Å²) < 4.78 is 38.4. The van der Waals surface area contributed by atoms with E-state index in [0.717, 1.165) is 32.1 Å². The summed E-state index contributed by atoms with van der Waals surface area (Å²) in [6.45, 7) is 2.82. The van der Waals surface area contributed by atoms with E-state index in [9.17, 15) is 18.0 Å². The van der Waals surface area contributed by atoms with Gasteiger partial charge in [-0.15, -0.1) is 0 Å². The number of rotatable bonds is 6. The lowest BCUT2D eigenvalue weighted by Gasteiger charge is -2.14. The van der Waals surface area contributed by atoms with Crippen LogP contribution in [-0.4, -0.2) is 35.4 Å². The molecule has 0 radical (unpaired) electrons. The minimum Gasteiger partial charge on any atom is -0.350 e. The standard InChI is InChI=1S/C15H20F3N3O/c16-15(17,18)12-5-3-7-19-13(12)11-20-14(22)6-4-10-21-8-1-2-9-21/h3,5,7H,1-2,4,6,8-11H2,(H,20,22). The average Bonchev–Trinajstić information content (AvgIpc) is 2.98. The smallest absolute Gasteiger partial charge is 0.350 e. The van der Waals surface area contributed by atoms with Crippen molar-refractivity contribution in [1.82, 2.24) is 15.2 Å². The predicted molar refractivity (Wildman–Crippen MR) is 76.0 cm³/mol. The Hall–Kier alpha value is -1.63. The molecule has 4 nitrogen and oxygen atoms in total. The molecule has 7 heteroatoms. The average molecular weight is 315 g/mol. The van der Waals surface area contributed by atoms with Crippen LogP contribution in [0, 0.1) is 0 Å². The lowest BCUT2D eigenvalue weighted by atomic mass is 10.2. The fourth-order valence-corrected chi connectivity index (χ4v) is 2.58. The summed E-state index contributed by atoms with van der Waals surface area (Å²) >= 11 is 0. The number of hydrogen-bond acceptors (Lipinski definition) is 3. The molecule has 0 aromatic carbocycles. The molecule has 122 valence electrons. The van der Waals surface area contributed by atoms with E-state index in [2.05, 4.69) is 15.2 Å². The largest absolute Gasteiger partial charge is 0.418 e. The number of hydrogen-bond donors (Lipinski definition) is 1. The summed E-state index contributed by atoms with van der Waals surface area (Å²) in [6, 6.07) is 2.21. The molecule has 1 saturated heterocycles. The zero-order valence-corrected chi connectivity index (χ0v) is 12.3. The third-order valence-electron chi connectivity index (χ3n) is 3.73. The second-order valence-corrected chi connectivity index (χ2v) is 5.42. The normalized spacial score (nSPS) is 16.0. The first-order chi connectivity index (χ1) is 10.5. The van der Waals surface area contributed by atoms with E-state index in [0.29, 0.717) is 6.42 Å². The van der Waals surface area contributed by atoms with Crippen LogP contribution in [-0.2, 0) is 17.5 Å². The topological polar surface area (TPSA) is 45.2 Å². The van der Waals surface area contributed by atoms with Crippen LogP contribution in [0.2, 0.25) is 0 Å². The van der Waals surface area contributed by atoms with Crippen molar-refractivity contribution >= 4 is 5.91 Å². The van der Waals surface area contributed by atoms with Crippen LogP contribution in [0.1, 0.15) is 36.9 Å². The van der Waals surface area contributed by atoms with Gasteiger partial charge in [-0.1, -0.05) is 0 Å². The summed E-state index contributed by atoms with van der Waals surface area (Å²) in [5.74, 6) is -0.238. The fourth-order valence-electron chi connectivity index (χ4n) is 2.58. The van der Waals surface area contributed by atoms with E-state index >= 15 is 0 Å². The van der Waals surface area contributed by atoms with Gasteiger partial charge in [-0.3, -0.25) is 9.78 Å². The van der Waals surface area contributed by atoms with Crippen molar-refractivity contribution in [2.24, 2.45) is 0 Å². The van der Waals surface area contributed by atoms with Gasteiger partial charge >= 0.3 is 6.18 Å². The lowest BCUT2D eigenvalue weighted by molar-refractivity contribution is -0.138. The number of carbonyl (C=O) groups excluding carboxylic acids is 1. The van der Waals surface area contributed by atoms with Crippen LogP contribution in [0.15, 0.2) is 18.3 Å². The van der Waals surface area contributed by atoms with Gasteiger partial charge in [0.15, 0.2) is 0 Å². The van der Waals surface area contributed by atoms with Crippen LogP contribution in [0.25, 0.3) is 0 Å². The Bertz CT molecular complexity index is 499. The minimum absolute atomic E-state index is 0.150. The number of likely N-dealkylation sites (tertiary alicyclic amines) is 1. The van der Waals surface area contributed by atoms with Gasteiger partial charge in [-0.25, -0.2) is 0 Å². The maximum atomic E-state index is 12.8. The van der Waals surface area contributed by atoms with E-state index in [-0.39, 0.29) is 18.1 Å². The monoisotopic (exact) mass is 315 g/mol. The Morgan fingerprint density at radius 3 is 2.73 bits per heavy atom. The molecule has 0 bridgehead atoms. The maximum absolute atomic E-state index is 12.8. The summed E-state index contributed by atoms with van der Waals surface area (Å²) in [7, 11) is 0. The SMILES string of the molecule is O=C(CCCN1CCCC1)NCc1ncccc1C(F)(F)F. The molecule has 0 unspecified atom stereocenters. The van der Waals surface area contributed by atoms with E-state index in [4.69, 9.17) is 0 Å². The molecule has 1 amide bonds. The third-order valence-corrected chi connectivity index (χ3v) is 3.73. The Balaban J connectivity index is 1.76. The molecular weight excluding hydrogens is 295 g/mol. The minimum atomic E-state index is -4.45. The zero-order chi connectivity index (χ0) is 16.0. The number of aromatic nitrogens is 1. The maximum Gasteiger partial charge on any atom is 0.418 e. The number of nitrogens with zero attached hydrogens (tertiary/aromatic N) is 2. The predicted octanol–water partition coefficient (Wildman–Crippen LogP) is 2.59.